The molecule has 1 fully saturated rings. The molecule has 10 heteroatoms. The van der Waals surface area contributed by atoms with Crippen LogP contribution in [0.5, 0.6) is 5.75 Å². The molecule has 1 N–H and O–H groups in total. The highest BCUT2D eigenvalue weighted by Gasteiger charge is 2.26. The molecule has 0 saturated carbocycles. The van der Waals surface area contributed by atoms with Crippen molar-refractivity contribution in [1.82, 2.24) is 4.57 Å². The molecule has 1 amide bonds. The Kier molecular flexibility index (Phi) is 8.08. The summed E-state index contributed by atoms with van der Waals surface area (Å²) in [6.07, 6.45) is 2.53. The molecule has 0 unspecified atom stereocenters. The number of methoxy groups -OCH3 is 2. The number of nitrogens with zero attached hydrogens (tertiary/aromatic N) is 2. The van der Waals surface area contributed by atoms with Crippen LogP contribution in [0.25, 0.3) is 10.9 Å². The van der Waals surface area contributed by atoms with Crippen LogP contribution >= 0.6 is 11.6 Å². The van der Waals surface area contributed by atoms with Crippen molar-refractivity contribution in [2.75, 3.05) is 32.3 Å². The van der Waals surface area contributed by atoms with Crippen LogP contribution in [0.15, 0.2) is 35.3 Å². The number of ether oxygens (including phenoxy) is 2. The van der Waals surface area contributed by atoms with Crippen LogP contribution < -0.4 is 15.1 Å². The molecule has 38 heavy (non-hydrogen) atoms. The van der Waals surface area contributed by atoms with Crippen LogP contribution in [0.2, 0.25) is 5.02 Å². The van der Waals surface area contributed by atoms with Crippen LogP contribution in [0, 0.1) is 11.7 Å². The number of esters is 1. The summed E-state index contributed by atoms with van der Waals surface area (Å²) in [5, 5.41) is 10.2. The van der Waals surface area contributed by atoms with Crippen LogP contribution in [-0.4, -0.2) is 48.9 Å². The predicted octanol–water partition coefficient (Wildman–Crippen LogP) is 4.50. The summed E-state index contributed by atoms with van der Waals surface area (Å²) >= 11 is 6.21. The summed E-state index contributed by atoms with van der Waals surface area (Å²) in [7, 11) is 2.65. The van der Waals surface area contributed by atoms with E-state index in [-0.39, 0.29) is 46.4 Å². The van der Waals surface area contributed by atoms with E-state index in [4.69, 9.17) is 21.1 Å². The van der Waals surface area contributed by atoms with Crippen molar-refractivity contribution in [3.8, 4) is 5.75 Å². The molecule has 0 aliphatic carbocycles. The highest BCUT2D eigenvalue weighted by atomic mass is 35.5. The summed E-state index contributed by atoms with van der Waals surface area (Å²) in [5.74, 6) is -1.14. The molecule has 1 aromatic heterocycles. The molecule has 4 rings (SSSR count). The van der Waals surface area contributed by atoms with E-state index in [1.807, 2.05) is 13.8 Å². The highest BCUT2D eigenvalue weighted by molar-refractivity contribution is 6.31. The lowest BCUT2D eigenvalue weighted by Crippen LogP contribution is -2.26. The van der Waals surface area contributed by atoms with Gasteiger partial charge in [0.05, 0.1) is 37.4 Å². The largest absolute Gasteiger partial charge is 0.496 e. The van der Waals surface area contributed by atoms with Crippen molar-refractivity contribution in [1.29, 1.82) is 0 Å². The predicted molar refractivity (Wildman–Crippen MR) is 143 cm³/mol. The second-order valence-corrected chi connectivity index (χ2v) is 10.1. The van der Waals surface area contributed by atoms with E-state index >= 15 is 4.39 Å². The molecule has 8 nitrogen and oxygen atoms in total. The van der Waals surface area contributed by atoms with Gasteiger partial charge in [0.1, 0.15) is 17.1 Å². The number of aliphatic hydroxyl groups excluding tert-OH is 1. The minimum absolute atomic E-state index is 0.00996. The molecule has 1 atom stereocenters. The van der Waals surface area contributed by atoms with E-state index in [1.165, 1.54) is 26.5 Å². The Morgan fingerprint density at radius 3 is 2.47 bits per heavy atom. The van der Waals surface area contributed by atoms with Crippen molar-refractivity contribution < 1.29 is 28.6 Å². The number of rotatable bonds is 8. The molecule has 0 spiro atoms. The summed E-state index contributed by atoms with van der Waals surface area (Å²) in [4.78, 5) is 39.7. The maximum Gasteiger partial charge on any atom is 0.343 e. The lowest BCUT2D eigenvalue weighted by Gasteiger charge is -2.25. The standard InChI is InChI=1S/C28H30ClFN2O6/c1-15(2)23(14-33)32-13-20(28(36)38-4)27(35)19-10-16(24(37-3)12-22(19)32)8-17-9-18(11-21(29)26(17)30)31-7-5-6-25(31)34/h9-13,15,23,33H,5-8,14H2,1-4H3/t23-/m1/s1. The normalized spacial score (nSPS) is 14.4. The second-order valence-electron chi connectivity index (χ2n) is 9.67. The Balaban J connectivity index is 1.92. The molecule has 202 valence electrons. The summed E-state index contributed by atoms with van der Waals surface area (Å²) in [6, 6.07) is 5.78. The maximum atomic E-state index is 15.2. The van der Waals surface area contributed by atoms with Crippen molar-refractivity contribution >= 4 is 40.1 Å². The van der Waals surface area contributed by atoms with Crippen LogP contribution in [0.4, 0.5) is 10.1 Å². The quantitative estimate of drug-likeness (QED) is 0.419. The van der Waals surface area contributed by atoms with Crippen LogP contribution in [0.1, 0.15) is 54.2 Å². The lowest BCUT2D eigenvalue weighted by molar-refractivity contribution is -0.117. The van der Waals surface area contributed by atoms with Gasteiger partial charge in [0.2, 0.25) is 11.3 Å². The zero-order chi connectivity index (χ0) is 27.7. The van der Waals surface area contributed by atoms with Gasteiger partial charge in [-0.3, -0.25) is 9.59 Å². The number of anilines is 1. The van der Waals surface area contributed by atoms with Crippen molar-refractivity contribution in [2.24, 2.45) is 5.92 Å². The molecule has 2 heterocycles. The van der Waals surface area contributed by atoms with E-state index in [0.29, 0.717) is 41.9 Å². The van der Waals surface area contributed by atoms with Gasteiger partial charge >= 0.3 is 5.97 Å². The van der Waals surface area contributed by atoms with Crippen LogP contribution in [0.3, 0.4) is 0 Å². The molecular formula is C28H30ClFN2O6. The van der Waals surface area contributed by atoms with Crippen molar-refractivity contribution in [2.45, 2.75) is 39.2 Å². The average Bonchev–Trinajstić information content (AvgIpc) is 3.33. The first-order valence-corrected chi connectivity index (χ1v) is 12.7. The number of aromatic nitrogens is 1. The molecular weight excluding hydrogens is 515 g/mol. The number of carbonyl (C=O) groups is 2. The van der Waals surface area contributed by atoms with E-state index < -0.39 is 23.3 Å². The Labute approximate surface area is 224 Å². The minimum atomic E-state index is -0.802. The summed E-state index contributed by atoms with van der Waals surface area (Å²) in [6.45, 7) is 4.13. The Hall–Kier alpha value is -3.43. The zero-order valence-electron chi connectivity index (χ0n) is 21.7. The first kappa shape index (κ1) is 27.6. The third-order valence-electron chi connectivity index (χ3n) is 7.01. The van der Waals surface area contributed by atoms with E-state index in [0.717, 1.165) is 0 Å². The maximum absolute atomic E-state index is 15.2. The summed E-state index contributed by atoms with van der Waals surface area (Å²) < 4.78 is 27.3. The smallest absolute Gasteiger partial charge is 0.343 e. The lowest BCUT2D eigenvalue weighted by atomic mass is 9.98. The average molecular weight is 545 g/mol. The SMILES string of the molecule is COC(=O)c1cn([C@H](CO)C(C)C)c2cc(OC)c(Cc3cc(N4CCCC4=O)cc(Cl)c3F)cc2c1=O. The fourth-order valence-electron chi connectivity index (χ4n) is 4.94. The third-order valence-corrected chi connectivity index (χ3v) is 7.28. The van der Waals surface area contributed by atoms with Gasteiger partial charge in [-0.2, -0.15) is 0 Å². The molecule has 1 saturated heterocycles. The first-order valence-electron chi connectivity index (χ1n) is 12.3. The number of pyridine rings is 1. The van der Waals surface area contributed by atoms with Gasteiger partial charge < -0.3 is 24.0 Å². The summed E-state index contributed by atoms with van der Waals surface area (Å²) in [5.41, 5.74) is 0.930. The van der Waals surface area contributed by atoms with E-state index in [1.54, 1.807) is 27.7 Å². The number of amides is 1. The number of carbonyl (C=O) groups excluding carboxylic acids is 2. The molecule has 0 bridgehead atoms. The molecule has 3 aromatic rings. The Morgan fingerprint density at radius 2 is 1.89 bits per heavy atom. The highest BCUT2D eigenvalue weighted by Crippen LogP contribution is 2.34. The van der Waals surface area contributed by atoms with Gasteiger partial charge in [-0.15, -0.1) is 0 Å². The van der Waals surface area contributed by atoms with Gasteiger partial charge in [-0.25, -0.2) is 9.18 Å². The van der Waals surface area contributed by atoms with Gasteiger partial charge in [-0.1, -0.05) is 25.4 Å². The third kappa shape index (κ3) is 5.00. The topological polar surface area (TPSA) is 98.1 Å². The molecule has 1 aliphatic rings. The molecule has 2 aromatic carbocycles. The Bertz CT molecular complexity index is 1470. The molecule has 0 radical (unpaired) electrons. The van der Waals surface area contributed by atoms with Crippen molar-refractivity contribution in [3.63, 3.8) is 0 Å². The van der Waals surface area contributed by atoms with E-state index in [2.05, 4.69) is 0 Å². The van der Waals surface area contributed by atoms with Gasteiger partial charge in [0, 0.05) is 42.7 Å². The second kappa shape index (κ2) is 11.1. The van der Waals surface area contributed by atoms with Crippen LogP contribution in [-0.2, 0) is 16.0 Å². The van der Waals surface area contributed by atoms with Gasteiger partial charge in [-0.05, 0) is 41.7 Å². The number of benzene rings is 2. The number of halogens is 2. The minimum Gasteiger partial charge on any atom is -0.496 e. The zero-order valence-corrected chi connectivity index (χ0v) is 22.5. The first-order chi connectivity index (χ1) is 18.1. The molecule has 1 aliphatic heterocycles. The number of hydrogen-bond acceptors (Lipinski definition) is 6. The van der Waals surface area contributed by atoms with Gasteiger partial charge in [0.15, 0.2) is 0 Å². The monoisotopic (exact) mass is 544 g/mol. The fraction of sp³-hybridized carbons (Fsp3) is 0.393. The number of aliphatic hydroxyl groups is 1. The number of fused-ring (bicyclic) bond motifs is 1. The van der Waals surface area contributed by atoms with Crippen molar-refractivity contribution in [3.05, 3.63) is 68.2 Å². The van der Waals surface area contributed by atoms with Gasteiger partial charge in [0.25, 0.3) is 0 Å². The Morgan fingerprint density at radius 1 is 1.16 bits per heavy atom. The van der Waals surface area contributed by atoms with E-state index in [9.17, 15) is 19.5 Å². The fourth-order valence-corrected chi connectivity index (χ4v) is 5.17. The number of hydrogen-bond donors (Lipinski definition) is 1.